The van der Waals surface area contributed by atoms with E-state index in [1.165, 1.54) is 0 Å². The van der Waals surface area contributed by atoms with Gasteiger partial charge < -0.3 is 10.6 Å². The van der Waals surface area contributed by atoms with Crippen LogP contribution in [0.15, 0.2) is 18.2 Å². The molecule has 124 valence electrons. The molecule has 2 N–H and O–H groups in total. The first-order valence-electron chi connectivity index (χ1n) is 6.39. The van der Waals surface area contributed by atoms with Crippen molar-refractivity contribution in [3.8, 4) is 0 Å². The van der Waals surface area contributed by atoms with Gasteiger partial charge in [0, 0.05) is 12.1 Å². The van der Waals surface area contributed by atoms with E-state index >= 15 is 0 Å². The van der Waals surface area contributed by atoms with E-state index in [-0.39, 0.29) is 12.1 Å². The summed E-state index contributed by atoms with van der Waals surface area (Å²) in [6, 6.07) is 1.09. The van der Waals surface area contributed by atoms with Gasteiger partial charge >= 0.3 is 12.2 Å². The maximum absolute atomic E-state index is 13.5. The highest BCUT2D eigenvalue weighted by Crippen LogP contribution is 2.30. The van der Waals surface area contributed by atoms with Crippen LogP contribution in [0.4, 0.5) is 22.4 Å². The number of alkyl halides is 3. The van der Waals surface area contributed by atoms with Crippen molar-refractivity contribution in [2.24, 2.45) is 0 Å². The number of hydrogen-bond acceptors (Lipinski definition) is 3. The van der Waals surface area contributed by atoms with Gasteiger partial charge in [-0.05, 0) is 18.2 Å². The highest BCUT2D eigenvalue weighted by molar-refractivity contribution is 6.04. The second-order valence-corrected chi connectivity index (χ2v) is 4.72. The van der Waals surface area contributed by atoms with Crippen LogP contribution in [0.1, 0.15) is 11.1 Å². The molecule has 0 atom stereocenters. The topological polar surface area (TPSA) is 78.5 Å². The molecule has 1 heterocycles. The number of carbonyl (C=O) groups excluding carboxylic acids is 3. The molecule has 1 aliphatic rings. The van der Waals surface area contributed by atoms with Gasteiger partial charge in [0.1, 0.15) is 12.4 Å². The number of urea groups is 1. The smallest absolute Gasteiger partial charge is 0.350 e. The molecule has 0 saturated carbocycles. The standard InChI is InChI=1S/C13H11F4N3O3/c14-9-2-1-8(13(15,16)17)3-7(9)4-18-10(21)6-20-11(22)5-19-12(20)23/h1-3H,4-6H2,(H,18,21)(H,19,23). The summed E-state index contributed by atoms with van der Waals surface area (Å²) >= 11 is 0. The van der Waals surface area contributed by atoms with Crippen molar-refractivity contribution in [3.63, 3.8) is 0 Å². The van der Waals surface area contributed by atoms with E-state index in [2.05, 4.69) is 10.6 Å². The number of amides is 4. The largest absolute Gasteiger partial charge is 0.416 e. The van der Waals surface area contributed by atoms with Gasteiger partial charge in [-0.15, -0.1) is 0 Å². The van der Waals surface area contributed by atoms with Gasteiger partial charge in [0.25, 0.3) is 5.91 Å². The molecule has 6 nitrogen and oxygen atoms in total. The molecule has 1 aromatic rings. The van der Waals surface area contributed by atoms with Crippen molar-refractivity contribution in [2.75, 3.05) is 13.1 Å². The van der Waals surface area contributed by atoms with Crippen LogP contribution in [0, 0.1) is 5.82 Å². The van der Waals surface area contributed by atoms with Crippen LogP contribution in [0.2, 0.25) is 0 Å². The Balaban J connectivity index is 1.99. The number of nitrogens with zero attached hydrogens (tertiary/aromatic N) is 1. The molecule has 4 amide bonds. The number of benzene rings is 1. The van der Waals surface area contributed by atoms with Gasteiger partial charge in [0.15, 0.2) is 0 Å². The third-order valence-electron chi connectivity index (χ3n) is 3.09. The summed E-state index contributed by atoms with van der Waals surface area (Å²) in [4.78, 5) is 34.8. The Morgan fingerprint density at radius 2 is 2.00 bits per heavy atom. The third kappa shape index (κ3) is 3.96. The Morgan fingerprint density at radius 1 is 1.30 bits per heavy atom. The van der Waals surface area contributed by atoms with Crippen molar-refractivity contribution in [1.82, 2.24) is 15.5 Å². The summed E-state index contributed by atoms with van der Waals surface area (Å²) in [6.45, 7) is -1.32. The molecule has 1 fully saturated rings. The molecule has 0 aliphatic carbocycles. The number of carbonyl (C=O) groups is 3. The highest BCUT2D eigenvalue weighted by Gasteiger charge is 2.32. The summed E-state index contributed by atoms with van der Waals surface area (Å²) in [7, 11) is 0. The predicted molar refractivity (Wildman–Crippen MR) is 68.4 cm³/mol. The van der Waals surface area contributed by atoms with Crippen LogP contribution >= 0.6 is 0 Å². The zero-order chi connectivity index (χ0) is 17.2. The Labute approximate surface area is 127 Å². The van der Waals surface area contributed by atoms with Gasteiger partial charge in [0.2, 0.25) is 5.91 Å². The fourth-order valence-electron chi connectivity index (χ4n) is 1.90. The van der Waals surface area contributed by atoms with Crippen LogP contribution in [0.3, 0.4) is 0 Å². The normalized spacial score (nSPS) is 14.9. The van der Waals surface area contributed by atoms with Crippen LogP contribution in [-0.4, -0.2) is 35.8 Å². The lowest BCUT2D eigenvalue weighted by Gasteiger charge is -2.13. The van der Waals surface area contributed by atoms with E-state index < -0.39 is 48.5 Å². The first kappa shape index (κ1) is 16.7. The summed E-state index contributed by atoms with van der Waals surface area (Å²) in [5.41, 5.74) is -1.40. The monoisotopic (exact) mass is 333 g/mol. The van der Waals surface area contributed by atoms with Crippen molar-refractivity contribution >= 4 is 17.8 Å². The van der Waals surface area contributed by atoms with E-state index in [0.717, 1.165) is 0 Å². The van der Waals surface area contributed by atoms with Gasteiger partial charge in [-0.25, -0.2) is 9.18 Å². The Bertz CT molecular complexity index is 644. The van der Waals surface area contributed by atoms with E-state index in [1.807, 2.05) is 0 Å². The number of halogens is 4. The molecular formula is C13H11F4N3O3. The summed E-state index contributed by atoms with van der Waals surface area (Å²) < 4.78 is 51.2. The molecule has 1 aliphatic heterocycles. The third-order valence-corrected chi connectivity index (χ3v) is 3.09. The Morgan fingerprint density at radius 3 is 2.57 bits per heavy atom. The van der Waals surface area contributed by atoms with Gasteiger partial charge in [-0.2, -0.15) is 13.2 Å². The van der Waals surface area contributed by atoms with E-state index in [4.69, 9.17) is 0 Å². The van der Waals surface area contributed by atoms with Crippen molar-refractivity contribution in [2.45, 2.75) is 12.7 Å². The average Bonchev–Trinajstić information content (AvgIpc) is 2.77. The molecule has 1 saturated heterocycles. The lowest BCUT2D eigenvalue weighted by Crippen LogP contribution is -2.40. The van der Waals surface area contributed by atoms with Crippen molar-refractivity contribution in [1.29, 1.82) is 0 Å². The van der Waals surface area contributed by atoms with Gasteiger partial charge in [0.05, 0.1) is 12.1 Å². The summed E-state index contributed by atoms with van der Waals surface area (Å²) in [5, 5.41) is 4.37. The fraction of sp³-hybridized carbons (Fsp3) is 0.308. The highest BCUT2D eigenvalue weighted by atomic mass is 19.4. The molecule has 0 aromatic heterocycles. The predicted octanol–water partition coefficient (Wildman–Crippen LogP) is 1.01. The lowest BCUT2D eigenvalue weighted by atomic mass is 10.1. The first-order chi connectivity index (χ1) is 10.7. The van der Waals surface area contributed by atoms with E-state index in [9.17, 15) is 31.9 Å². The zero-order valence-electron chi connectivity index (χ0n) is 11.5. The molecule has 23 heavy (non-hydrogen) atoms. The minimum atomic E-state index is -4.63. The number of rotatable bonds is 4. The molecule has 2 rings (SSSR count). The van der Waals surface area contributed by atoms with Crippen molar-refractivity contribution in [3.05, 3.63) is 35.1 Å². The number of imide groups is 1. The molecule has 0 spiro atoms. The molecule has 10 heteroatoms. The number of hydrogen-bond donors (Lipinski definition) is 2. The summed E-state index contributed by atoms with van der Waals surface area (Å²) in [6.07, 6.45) is -4.63. The molecule has 0 radical (unpaired) electrons. The van der Waals surface area contributed by atoms with Crippen molar-refractivity contribution < 1.29 is 31.9 Å². The first-order valence-corrected chi connectivity index (χ1v) is 6.39. The van der Waals surface area contributed by atoms with Crippen LogP contribution in [-0.2, 0) is 22.3 Å². The summed E-state index contributed by atoms with van der Waals surface area (Å²) in [5.74, 6) is -2.31. The average molecular weight is 333 g/mol. The minimum Gasteiger partial charge on any atom is -0.350 e. The van der Waals surface area contributed by atoms with Crippen LogP contribution in [0.5, 0.6) is 0 Å². The maximum atomic E-state index is 13.5. The van der Waals surface area contributed by atoms with Gasteiger partial charge in [-0.3, -0.25) is 14.5 Å². The second-order valence-electron chi connectivity index (χ2n) is 4.72. The Hall–Kier alpha value is -2.65. The molecular weight excluding hydrogens is 322 g/mol. The zero-order valence-corrected chi connectivity index (χ0v) is 11.5. The minimum absolute atomic E-state index is 0.228. The quantitative estimate of drug-likeness (QED) is 0.638. The second kappa shape index (κ2) is 6.23. The van der Waals surface area contributed by atoms with E-state index in [0.29, 0.717) is 23.1 Å². The van der Waals surface area contributed by atoms with E-state index in [1.54, 1.807) is 0 Å². The van der Waals surface area contributed by atoms with Gasteiger partial charge in [-0.1, -0.05) is 0 Å². The maximum Gasteiger partial charge on any atom is 0.416 e. The van der Waals surface area contributed by atoms with Crippen LogP contribution < -0.4 is 10.6 Å². The molecule has 0 bridgehead atoms. The SMILES string of the molecule is O=C(CN1C(=O)CNC1=O)NCc1cc(C(F)(F)F)ccc1F. The lowest BCUT2D eigenvalue weighted by molar-refractivity contribution is -0.137. The number of nitrogens with one attached hydrogen (secondary N) is 2. The fourth-order valence-corrected chi connectivity index (χ4v) is 1.90. The molecule has 0 unspecified atom stereocenters. The molecule has 1 aromatic carbocycles. The van der Waals surface area contributed by atoms with Crippen LogP contribution in [0.25, 0.3) is 0 Å². The Kier molecular flexibility index (Phi) is 4.52.